The van der Waals surface area contributed by atoms with Crippen LogP contribution in [0.25, 0.3) is 0 Å². The minimum Gasteiger partial charge on any atom is -0.356 e. The Morgan fingerprint density at radius 2 is 1.78 bits per heavy atom. The van der Waals surface area contributed by atoms with Crippen LogP contribution in [0.4, 0.5) is 8.78 Å². The number of carbonyl (C=O) groups excluding carboxylic acids is 1. The Hall–Kier alpha value is -0.380. The predicted molar refractivity (Wildman–Crippen MR) is 69.1 cm³/mol. The summed E-state index contributed by atoms with van der Waals surface area (Å²) in [5.74, 6) is -2.14. The molecule has 0 spiro atoms. The van der Waals surface area contributed by atoms with Gasteiger partial charge in [0, 0.05) is 31.2 Å². The van der Waals surface area contributed by atoms with Crippen molar-refractivity contribution in [1.29, 1.82) is 0 Å². The van der Waals surface area contributed by atoms with Gasteiger partial charge >= 0.3 is 0 Å². The lowest BCUT2D eigenvalue weighted by Crippen LogP contribution is -2.36. The zero-order valence-corrected chi connectivity index (χ0v) is 11.4. The maximum absolute atomic E-state index is 12.9. The number of rotatable bonds is 7. The number of alkyl halides is 3. The molecule has 0 bridgehead atoms. The summed E-state index contributed by atoms with van der Waals surface area (Å²) in [4.78, 5) is 11.7. The topological polar surface area (TPSA) is 29.1 Å². The van der Waals surface area contributed by atoms with E-state index in [1.807, 2.05) is 0 Å². The molecule has 106 valence electrons. The fourth-order valence-corrected chi connectivity index (χ4v) is 2.42. The number of halogens is 3. The largest absolute Gasteiger partial charge is 0.356 e. The third kappa shape index (κ3) is 5.98. The fourth-order valence-electron chi connectivity index (χ4n) is 2.23. The van der Waals surface area contributed by atoms with E-state index in [0.717, 1.165) is 25.7 Å². The molecule has 1 aliphatic carbocycles. The Bertz CT molecular complexity index is 251. The van der Waals surface area contributed by atoms with Crippen molar-refractivity contribution in [2.24, 2.45) is 5.92 Å². The van der Waals surface area contributed by atoms with Gasteiger partial charge in [-0.15, -0.1) is 11.6 Å². The zero-order valence-electron chi connectivity index (χ0n) is 10.7. The number of unbranched alkanes of at least 4 members (excludes halogenated alkanes) is 3. The lowest BCUT2D eigenvalue weighted by Gasteiger charge is -2.27. The Labute approximate surface area is 112 Å². The second-order valence-corrected chi connectivity index (χ2v) is 5.40. The normalized spacial score (nSPS) is 19.7. The van der Waals surface area contributed by atoms with Crippen LogP contribution in [-0.2, 0) is 4.79 Å². The first-order valence-corrected chi connectivity index (χ1v) is 7.30. The van der Waals surface area contributed by atoms with Crippen LogP contribution in [0, 0.1) is 5.92 Å². The van der Waals surface area contributed by atoms with E-state index in [9.17, 15) is 13.6 Å². The van der Waals surface area contributed by atoms with E-state index in [2.05, 4.69) is 5.32 Å². The average Bonchev–Trinajstić information content (AvgIpc) is 2.33. The van der Waals surface area contributed by atoms with Gasteiger partial charge in [-0.2, -0.15) is 0 Å². The lowest BCUT2D eigenvalue weighted by atomic mass is 9.86. The summed E-state index contributed by atoms with van der Waals surface area (Å²) >= 11 is 5.56. The number of nitrogens with one attached hydrogen (secondary N) is 1. The van der Waals surface area contributed by atoms with E-state index in [4.69, 9.17) is 11.6 Å². The first kappa shape index (κ1) is 15.7. The van der Waals surface area contributed by atoms with E-state index < -0.39 is 5.92 Å². The molecule has 0 aromatic rings. The maximum Gasteiger partial charge on any atom is 0.248 e. The number of carbonyl (C=O) groups is 1. The minimum absolute atomic E-state index is 0.0529. The molecule has 0 aliphatic heterocycles. The van der Waals surface area contributed by atoms with Crippen LogP contribution in [0.5, 0.6) is 0 Å². The number of hydrogen-bond acceptors (Lipinski definition) is 1. The molecule has 1 saturated carbocycles. The SMILES string of the molecule is O=C(NCCCCCCCl)C1CCC(F)(F)CC1. The van der Waals surface area contributed by atoms with Crippen molar-refractivity contribution in [3.05, 3.63) is 0 Å². The van der Waals surface area contributed by atoms with E-state index in [1.165, 1.54) is 0 Å². The van der Waals surface area contributed by atoms with Crippen LogP contribution in [0.15, 0.2) is 0 Å². The molecular weight excluding hydrogens is 260 g/mol. The van der Waals surface area contributed by atoms with Crippen LogP contribution in [0.2, 0.25) is 0 Å². The van der Waals surface area contributed by atoms with Crippen molar-refractivity contribution in [3.63, 3.8) is 0 Å². The van der Waals surface area contributed by atoms with Crippen LogP contribution in [-0.4, -0.2) is 24.3 Å². The van der Waals surface area contributed by atoms with Crippen molar-refractivity contribution in [2.45, 2.75) is 57.3 Å². The zero-order chi connectivity index (χ0) is 13.4. The van der Waals surface area contributed by atoms with Gasteiger partial charge in [0.05, 0.1) is 0 Å². The molecule has 0 aromatic carbocycles. The summed E-state index contributed by atoms with van der Waals surface area (Å²) in [6, 6.07) is 0. The molecule has 1 amide bonds. The number of amides is 1. The molecule has 1 rings (SSSR count). The van der Waals surface area contributed by atoms with Gasteiger partial charge in [-0.05, 0) is 25.7 Å². The Morgan fingerprint density at radius 1 is 1.17 bits per heavy atom. The monoisotopic (exact) mass is 281 g/mol. The molecule has 1 fully saturated rings. The van der Waals surface area contributed by atoms with Crippen molar-refractivity contribution in [2.75, 3.05) is 12.4 Å². The molecule has 0 radical (unpaired) electrons. The summed E-state index contributed by atoms with van der Waals surface area (Å²) in [5, 5.41) is 2.84. The molecule has 18 heavy (non-hydrogen) atoms. The third-order valence-electron chi connectivity index (χ3n) is 3.45. The van der Waals surface area contributed by atoms with E-state index >= 15 is 0 Å². The summed E-state index contributed by atoms with van der Waals surface area (Å²) in [6.07, 6.45) is 4.39. The second-order valence-electron chi connectivity index (χ2n) is 5.02. The molecule has 5 heteroatoms. The van der Waals surface area contributed by atoms with Crippen LogP contribution in [0.1, 0.15) is 51.4 Å². The highest BCUT2D eigenvalue weighted by Crippen LogP contribution is 2.36. The predicted octanol–water partition coefficient (Wildman–Crippen LogP) is 3.73. The standard InChI is InChI=1S/C13H22ClF2NO/c14-9-3-1-2-4-10-17-12(18)11-5-7-13(15,16)8-6-11/h11H,1-10H2,(H,17,18). The first-order valence-electron chi connectivity index (χ1n) is 6.77. The second kappa shape index (κ2) is 7.93. The van der Waals surface area contributed by atoms with E-state index in [1.54, 1.807) is 0 Å². The Balaban J connectivity index is 2.07. The van der Waals surface area contributed by atoms with Crippen LogP contribution >= 0.6 is 11.6 Å². The maximum atomic E-state index is 12.9. The number of hydrogen-bond donors (Lipinski definition) is 1. The highest BCUT2D eigenvalue weighted by atomic mass is 35.5. The van der Waals surface area contributed by atoms with Gasteiger partial charge in [0.15, 0.2) is 0 Å². The van der Waals surface area contributed by atoms with Crippen LogP contribution in [0.3, 0.4) is 0 Å². The molecule has 0 atom stereocenters. The molecular formula is C13H22ClF2NO. The van der Waals surface area contributed by atoms with Gasteiger partial charge in [0.1, 0.15) is 0 Å². The van der Waals surface area contributed by atoms with Gasteiger partial charge in [-0.25, -0.2) is 8.78 Å². The summed E-state index contributed by atoms with van der Waals surface area (Å²) in [6.45, 7) is 0.647. The molecule has 1 N–H and O–H groups in total. The molecule has 1 aliphatic rings. The van der Waals surface area contributed by atoms with Crippen LogP contribution < -0.4 is 5.32 Å². The highest BCUT2D eigenvalue weighted by Gasteiger charge is 2.37. The first-order chi connectivity index (χ1) is 8.55. The summed E-state index contributed by atoms with van der Waals surface area (Å²) in [7, 11) is 0. The minimum atomic E-state index is -2.56. The summed E-state index contributed by atoms with van der Waals surface area (Å²) < 4.78 is 25.8. The molecule has 0 aromatic heterocycles. The summed E-state index contributed by atoms with van der Waals surface area (Å²) in [5.41, 5.74) is 0. The van der Waals surface area contributed by atoms with Gasteiger partial charge in [0.25, 0.3) is 0 Å². The van der Waals surface area contributed by atoms with Crippen molar-refractivity contribution < 1.29 is 13.6 Å². The van der Waals surface area contributed by atoms with Gasteiger partial charge < -0.3 is 5.32 Å². The average molecular weight is 282 g/mol. The highest BCUT2D eigenvalue weighted by molar-refractivity contribution is 6.17. The van der Waals surface area contributed by atoms with Gasteiger partial charge in [-0.3, -0.25) is 4.79 Å². The molecule has 0 saturated heterocycles. The smallest absolute Gasteiger partial charge is 0.248 e. The third-order valence-corrected chi connectivity index (χ3v) is 3.71. The fraction of sp³-hybridized carbons (Fsp3) is 0.923. The van der Waals surface area contributed by atoms with Gasteiger partial charge in [-0.1, -0.05) is 12.8 Å². The molecule has 2 nitrogen and oxygen atoms in total. The van der Waals surface area contributed by atoms with Gasteiger partial charge in [0.2, 0.25) is 11.8 Å². The molecule has 0 unspecified atom stereocenters. The quantitative estimate of drug-likeness (QED) is 0.559. The van der Waals surface area contributed by atoms with Crippen molar-refractivity contribution in [3.8, 4) is 0 Å². The van der Waals surface area contributed by atoms with E-state index in [0.29, 0.717) is 25.3 Å². The van der Waals surface area contributed by atoms with E-state index in [-0.39, 0.29) is 24.7 Å². The molecule has 0 heterocycles. The Morgan fingerprint density at radius 3 is 2.39 bits per heavy atom. The lowest BCUT2D eigenvalue weighted by molar-refractivity contribution is -0.129. The Kier molecular flexibility index (Phi) is 6.90. The van der Waals surface area contributed by atoms with Crippen molar-refractivity contribution >= 4 is 17.5 Å². The van der Waals surface area contributed by atoms with Crippen molar-refractivity contribution in [1.82, 2.24) is 5.32 Å².